The lowest BCUT2D eigenvalue weighted by molar-refractivity contribution is -0.384. The molecule has 21 heavy (non-hydrogen) atoms. The van der Waals surface area contributed by atoms with Crippen molar-refractivity contribution >= 4 is 11.6 Å². The van der Waals surface area contributed by atoms with Crippen LogP contribution in [0.25, 0.3) is 0 Å². The van der Waals surface area contributed by atoms with Gasteiger partial charge in [0.1, 0.15) is 0 Å². The fraction of sp³-hybridized carbons (Fsp3) is 0.533. The van der Waals surface area contributed by atoms with E-state index in [0.717, 1.165) is 31.5 Å². The molecule has 1 N–H and O–H groups in total. The van der Waals surface area contributed by atoms with E-state index >= 15 is 0 Å². The van der Waals surface area contributed by atoms with Crippen molar-refractivity contribution in [1.29, 1.82) is 0 Å². The molecule has 0 bridgehead atoms. The second-order valence-electron chi connectivity index (χ2n) is 5.90. The van der Waals surface area contributed by atoms with Gasteiger partial charge in [-0.15, -0.1) is 0 Å². The normalized spacial score (nSPS) is 17.2. The van der Waals surface area contributed by atoms with E-state index in [9.17, 15) is 14.9 Å². The van der Waals surface area contributed by atoms with Crippen molar-refractivity contribution in [2.75, 3.05) is 20.1 Å². The molecule has 0 atom stereocenters. The van der Waals surface area contributed by atoms with Crippen molar-refractivity contribution in [2.45, 2.75) is 26.3 Å². The highest BCUT2D eigenvalue weighted by atomic mass is 16.6. The van der Waals surface area contributed by atoms with Crippen LogP contribution in [0, 0.1) is 15.5 Å². The molecule has 1 amide bonds. The molecule has 114 valence electrons. The summed E-state index contributed by atoms with van der Waals surface area (Å²) in [5, 5.41) is 14.0. The number of carbonyl (C=O) groups excluding carboxylic acids is 1. The summed E-state index contributed by atoms with van der Waals surface area (Å²) in [7, 11) is 1.76. The number of hydrogen-bond donors (Lipinski definition) is 1. The zero-order valence-electron chi connectivity index (χ0n) is 12.5. The number of rotatable bonds is 4. The standard InChI is InChI=1S/C15H21N3O3/c1-15(6-8-16-9-7-15)14(19)17(2)11-12-4-3-5-13(10-12)18(20)21/h3-5,10,16H,6-9,11H2,1-2H3. The maximum Gasteiger partial charge on any atom is 0.269 e. The van der Waals surface area contributed by atoms with Crippen LogP contribution in [0.2, 0.25) is 0 Å². The van der Waals surface area contributed by atoms with Gasteiger partial charge in [0, 0.05) is 31.1 Å². The Morgan fingerprint density at radius 1 is 1.43 bits per heavy atom. The van der Waals surface area contributed by atoms with Crippen molar-refractivity contribution in [3.05, 3.63) is 39.9 Å². The number of nitrogens with one attached hydrogen (secondary N) is 1. The van der Waals surface area contributed by atoms with E-state index in [0.29, 0.717) is 6.54 Å². The molecule has 0 aromatic heterocycles. The fourth-order valence-electron chi connectivity index (χ4n) is 2.77. The minimum absolute atomic E-state index is 0.0569. The lowest BCUT2D eigenvalue weighted by Gasteiger charge is -2.36. The number of nitrogens with zero attached hydrogens (tertiary/aromatic N) is 2. The lowest BCUT2D eigenvalue weighted by Crippen LogP contribution is -2.46. The number of amides is 1. The molecule has 1 heterocycles. The van der Waals surface area contributed by atoms with Crippen LogP contribution in [0.5, 0.6) is 0 Å². The first-order chi connectivity index (χ1) is 9.92. The third kappa shape index (κ3) is 3.58. The maximum atomic E-state index is 12.6. The first-order valence-electron chi connectivity index (χ1n) is 7.12. The SMILES string of the molecule is CN(Cc1cccc([N+](=O)[O-])c1)C(=O)C1(C)CCNCC1. The Morgan fingerprint density at radius 2 is 2.10 bits per heavy atom. The van der Waals surface area contributed by atoms with Crippen LogP contribution in [-0.4, -0.2) is 35.9 Å². The molecule has 2 rings (SSSR count). The van der Waals surface area contributed by atoms with Gasteiger partial charge in [0.05, 0.1) is 4.92 Å². The molecule has 0 saturated carbocycles. The first kappa shape index (κ1) is 15.4. The molecule has 1 aromatic carbocycles. The molecule has 6 heteroatoms. The number of nitro groups is 1. The van der Waals surface area contributed by atoms with Crippen molar-refractivity contribution in [3.8, 4) is 0 Å². The van der Waals surface area contributed by atoms with Crippen molar-refractivity contribution in [3.63, 3.8) is 0 Å². The molecule has 0 unspecified atom stereocenters. The van der Waals surface area contributed by atoms with Gasteiger partial charge in [-0.3, -0.25) is 14.9 Å². The summed E-state index contributed by atoms with van der Waals surface area (Å²) >= 11 is 0. The van der Waals surface area contributed by atoms with E-state index in [-0.39, 0.29) is 17.0 Å². The second-order valence-corrected chi connectivity index (χ2v) is 5.90. The number of nitro benzene ring substituents is 1. The van der Waals surface area contributed by atoms with Gasteiger partial charge < -0.3 is 10.2 Å². The molecular formula is C15H21N3O3. The Labute approximate surface area is 124 Å². The highest BCUT2D eigenvalue weighted by molar-refractivity contribution is 5.82. The number of piperidine rings is 1. The highest BCUT2D eigenvalue weighted by Gasteiger charge is 2.36. The van der Waals surface area contributed by atoms with Crippen LogP contribution in [-0.2, 0) is 11.3 Å². The zero-order chi connectivity index (χ0) is 15.5. The number of benzene rings is 1. The average Bonchev–Trinajstić information content (AvgIpc) is 2.47. The van der Waals surface area contributed by atoms with Gasteiger partial charge >= 0.3 is 0 Å². The van der Waals surface area contributed by atoms with Crippen LogP contribution in [0.15, 0.2) is 24.3 Å². The zero-order valence-corrected chi connectivity index (χ0v) is 12.5. The summed E-state index contributed by atoms with van der Waals surface area (Å²) in [4.78, 5) is 24.7. The van der Waals surface area contributed by atoms with Gasteiger partial charge in [-0.05, 0) is 31.5 Å². The molecule has 0 aliphatic carbocycles. The number of hydrogen-bond acceptors (Lipinski definition) is 4. The number of carbonyl (C=O) groups is 1. The minimum atomic E-state index is -0.417. The van der Waals surface area contributed by atoms with Gasteiger partial charge in [0.2, 0.25) is 5.91 Å². The Kier molecular flexibility index (Phi) is 4.57. The van der Waals surface area contributed by atoms with Gasteiger partial charge in [-0.25, -0.2) is 0 Å². The summed E-state index contributed by atoms with van der Waals surface area (Å²) in [5.74, 6) is 0.107. The summed E-state index contributed by atoms with van der Waals surface area (Å²) < 4.78 is 0. The molecule has 0 radical (unpaired) electrons. The molecule has 1 aliphatic heterocycles. The Balaban J connectivity index is 2.06. The molecule has 1 aliphatic rings. The van der Waals surface area contributed by atoms with Crippen molar-refractivity contribution in [2.24, 2.45) is 5.41 Å². The summed E-state index contributed by atoms with van der Waals surface area (Å²) in [6.45, 7) is 4.10. The third-order valence-electron chi connectivity index (χ3n) is 4.11. The third-order valence-corrected chi connectivity index (χ3v) is 4.11. The maximum absolute atomic E-state index is 12.6. The first-order valence-corrected chi connectivity index (χ1v) is 7.12. The monoisotopic (exact) mass is 291 g/mol. The Hall–Kier alpha value is -1.95. The number of non-ortho nitro benzene ring substituents is 1. The predicted molar refractivity (Wildman–Crippen MR) is 79.8 cm³/mol. The largest absolute Gasteiger partial charge is 0.341 e. The smallest absolute Gasteiger partial charge is 0.269 e. The van der Waals surface area contributed by atoms with E-state index in [1.165, 1.54) is 12.1 Å². The molecular weight excluding hydrogens is 270 g/mol. The molecule has 1 fully saturated rings. The van der Waals surface area contributed by atoms with E-state index in [1.54, 1.807) is 18.0 Å². The second kappa shape index (κ2) is 6.22. The van der Waals surface area contributed by atoms with E-state index in [4.69, 9.17) is 0 Å². The van der Waals surface area contributed by atoms with Crippen LogP contribution in [0.4, 0.5) is 5.69 Å². The molecule has 6 nitrogen and oxygen atoms in total. The predicted octanol–water partition coefficient (Wildman–Crippen LogP) is 1.94. The van der Waals surface area contributed by atoms with Gasteiger partial charge in [0.15, 0.2) is 0 Å². The van der Waals surface area contributed by atoms with Crippen LogP contribution >= 0.6 is 0 Å². The van der Waals surface area contributed by atoms with Crippen LogP contribution < -0.4 is 5.32 Å². The van der Waals surface area contributed by atoms with Crippen LogP contribution in [0.1, 0.15) is 25.3 Å². The quantitative estimate of drug-likeness (QED) is 0.679. The minimum Gasteiger partial charge on any atom is -0.341 e. The van der Waals surface area contributed by atoms with Crippen molar-refractivity contribution < 1.29 is 9.72 Å². The Morgan fingerprint density at radius 3 is 2.71 bits per heavy atom. The summed E-state index contributed by atoms with van der Waals surface area (Å²) in [6, 6.07) is 6.44. The molecule has 1 aromatic rings. The average molecular weight is 291 g/mol. The van der Waals surface area contributed by atoms with Gasteiger partial charge in [-0.1, -0.05) is 19.1 Å². The van der Waals surface area contributed by atoms with Gasteiger partial charge in [0.25, 0.3) is 5.69 Å². The van der Waals surface area contributed by atoms with Gasteiger partial charge in [-0.2, -0.15) is 0 Å². The van der Waals surface area contributed by atoms with Crippen LogP contribution in [0.3, 0.4) is 0 Å². The van der Waals surface area contributed by atoms with E-state index in [1.807, 2.05) is 13.0 Å². The van der Waals surface area contributed by atoms with E-state index < -0.39 is 4.92 Å². The lowest BCUT2D eigenvalue weighted by atomic mass is 9.79. The van der Waals surface area contributed by atoms with E-state index in [2.05, 4.69) is 5.32 Å². The van der Waals surface area contributed by atoms with Crippen molar-refractivity contribution in [1.82, 2.24) is 10.2 Å². The molecule has 1 saturated heterocycles. The summed E-state index contributed by atoms with van der Waals surface area (Å²) in [5.41, 5.74) is 0.500. The summed E-state index contributed by atoms with van der Waals surface area (Å²) in [6.07, 6.45) is 1.65. The topological polar surface area (TPSA) is 75.5 Å². The fourth-order valence-corrected chi connectivity index (χ4v) is 2.77. The highest BCUT2D eigenvalue weighted by Crippen LogP contribution is 2.30. The molecule has 0 spiro atoms. The Bertz CT molecular complexity index is 539.